The lowest BCUT2D eigenvalue weighted by Crippen LogP contribution is -2.13. The molecular weight excluding hydrogens is 321 g/mol. The lowest BCUT2D eigenvalue weighted by Gasteiger charge is -2.07. The van der Waals surface area contributed by atoms with Crippen LogP contribution in [0.1, 0.15) is 6.42 Å². The van der Waals surface area contributed by atoms with Crippen molar-refractivity contribution in [1.82, 2.24) is 9.78 Å². The zero-order chi connectivity index (χ0) is 15.5. The number of hydrogen-bond donors (Lipinski definition) is 2. The van der Waals surface area contributed by atoms with Crippen molar-refractivity contribution in [3.05, 3.63) is 41.4 Å². The smallest absolute Gasteiger partial charge is 0.265 e. The summed E-state index contributed by atoms with van der Waals surface area (Å²) in [5.41, 5.74) is -0.231. The first kappa shape index (κ1) is 15.7. The molecule has 0 saturated heterocycles. The molecule has 1 aromatic heterocycles. The van der Waals surface area contributed by atoms with Crippen molar-refractivity contribution >= 4 is 27.3 Å². The van der Waals surface area contributed by atoms with Crippen LogP contribution in [0.5, 0.6) is 0 Å². The van der Waals surface area contributed by atoms with E-state index in [1.165, 1.54) is 29.1 Å². The molecule has 6 nitrogen and oxygen atoms in total. The van der Waals surface area contributed by atoms with E-state index in [1.54, 1.807) is 0 Å². The standard InChI is InChI=1S/C12H13ClFN3O3S/c13-10-3-1-4-11(12(10)14)16-21(19,20)9-7-15-17(8-9)5-2-6-18/h1,3-4,7-8,16,18H,2,5-6H2. The Balaban J connectivity index is 2.22. The van der Waals surface area contributed by atoms with Gasteiger partial charge in [-0.2, -0.15) is 5.10 Å². The number of halogens is 2. The van der Waals surface area contributed by atoms with Gasteiger partial charge in [0.2, 0.25) is 0 Å². The average molecular weight is 334 g/mol. The molecule has 9 heteroatoms. The fourth-order valence-electron chi connectivity index (χ4n) is 1.62. The number of aryl methyl sites for hydroxylation is 1. The second-order valence-electron chi connectivity index (χ2n) is 4.22. The van der Waals surface area contributed by atoms with Crippen LogP contribution in [0.15, 0.2) is 35.5 Å². The molecule has 0 fully saturated rings. The molecule has 0 saturated carbocycles. The van der Waals surface area contributed by atoms with Crippen LogP contribution in [0.2, 0.25) is 5.02 Å². The van der Waals surface area contributed by atoms with Crippen molar-refractivity contribution in [1.29, 1.82) is 0 Å². The Morgan fingerprint density at radius 1 is 1.43 bits per heavy atom. The molecule has 2 N–H and O–H groups in total. The van der Waals surface area contributed by atoms with Gasteiger partial charge in [0, 0.05) is 19.3 Å². The van der Waals surface area contributed by atoms with E-state index >= 15 is 0 Å². The van der Waals surface area contributed by atoms with Crippen LogP contribution in [0, 0.1) is 5.82 Å². The second-order valence-corrected chi connectivity index (χ2v) is 6.31. The summed E-state index contributed by atoms with van der Waals surface area (Å²) in [5, 5.41) is 12.4. The number of aromatic nitrogens is 2. The third-order valence-electron chi connectivity index (χ3n) is 2.66. The summed E-state index contributed by atoms with van der Waals surface area (Å²) in [7, 11) is -3.95. The Morgan fingerprint density at radius 3 is 2.90 bits per heavy atom. The Labute approximate surface area is 126 Å². The zero-order valence-corrected chi connectivity index (χ0v) is 12.4. The Hall–Kier alpha value is -1.64. The van der Waals surface area contributed by atoms with Gasteiger partial charge in [0.05, 0.1) is 16.9 Å². The van der Waals surface area contributed by atoms with Crippen LogP contribution < -0.4 is 4.72 Å². The van der Waals surface area contributed by atoms with Crippen molar-refractivity contribution in [2.24, 2.45) is 0 Å². The minimum absolute atomic E-state index is 0.0199. The van der Waals surface area contributed by atoms with Crippen molar-refractivity contribution in [3.63, 3.8) is 0 Å². The molecule has 0 aliphatic rings. The number of anilines is 1. The largest absolute Gasteiger partial charge is 0.396 e. The van der Waals surface area contributed by atoms with Crippen molar-refractivity contribution < 1.29 is 17.9 Å². The molecule has 1 aromatic carbocycles. The second kappa shape index (κ2) is 6.42. The summed E-state index contributed by atoms with van der Waals surface area (Å²) in [6, 6.07) is 4.03. The molecule has 114 valence electrons. The quantitative estimate of drug-likeness (QED) is 0.845. The van der Waals surface area contributed by atoms with Crippen LogP contribution in [-0.4, -0.2) is 29.9 Å². The van der Waals surface area contributed by atoms with Crippen molar-refractivity contribution in [2.75, 3.05) is 11.3 Å². The van der Waals surface area contributed by atoms with Crippen LogP contribution >= 0.6 is 11.6 Å². The molecule has 0 aliphatic carbocycles. The van der Waals surface area contributed by atoms with E-state index in [2.05, 4.69) is 9.82 Å². The fraction of sp³-hybridized carbons (Fsp3) is 0.250. The molecule has 0 atom stereocenters. The highest BCUT2D eigenvalue weighted by atomic mass is 35.5. The summed E-state index contributed by atoms with van der Waals surface area (Å²) < 4.78 is 41.5. The number of nitrogens with zero attached hydrogens (tertiary/aromatic N) is 2. The van der Waals surface area contributed by atoms with E-state index in [-0.39, 0.29) is 22.2 Å². The Kier molecular flexibility index (Phi) is 4.81. The lowest BCUT2D eigenvalue weighted by molar-refractivity contribution is 0.277. The normalized spacial score (nSPS) is 11.6. The third-order valence-corrected chi connectivity index (χ3v) is 4.27. The topological polar surface area (TPSA) is 84.2 Å². The Bertz CT molecular complexity index is 733. The van der Waals surface area contributed by atoms with Crippen LogP contribution in [0.4, 0.5) is 10.1 Å². The maximum atomic E-state index is 13.7. The number of sulfonamides is 1. The summed E-state index contributed by atoms with van der Waals surface area (Å²) in [6.45, 7) is 0.367. The number of aliphatic hydroxyl groups excluding tert-OH is 1. The van der Waals surface area contributed by atoms with Gasteiger partial charge in [0.15, 0.2) is 5.82 Å². The fourth-order valence-corrected chi connectivity index (χ4v) is 2.81. The summed E-state index contributed by atoms with van der Waals surface area (Å²) in [5.74, 6) is -0.838. The molecule has 2 aromatic rings. The first-order valence-corrected chi connectivity index (χ1v) is 7.90. The molecule has 0 amide bonds. The molecule has 0 bridgehead atoms. The minimum Gasteiger partial charge on any atom is -0.396 e. The highest BCUT2D eigenvalue weighted by molar-refractivity contribution is 7.92. The lowest BCUT2D eigenvalue weighted by atomic mass is 10.3. The minimum atomic E-state index is -3.95. The summed E-state index contributed by atoms with van der Waals surface area (Å²) >= 11 is 5.60. The van der Waals surface area contributed by atoms with Crippen LogP contribution in [0.25, 0.3) is 0 Å². The SMILES string of the molecule is O=S(=O)(Nc1cccc(Cl)c1F)c1cnn(CCCO)c1. The van der Waals surface area contributed by atoms with E-state index in [0.717, 1.165) is 6.20 Å². The van der Waals surface area contributed by atoms with Gasteiger partial charge in [-0.3, -0.25) is 9.40 Å². The van der Waals surface area contributed by atoms with Crippen molar-refractivity contribution in [3.8, 4) is 0 Å². The average Bonchev–Trinajstić information content (AvgIpc) is 2.91. The van der Waals surface area contributed by atoms with Crippen molar-refractivity contribution in [2.45, 2.75) is 17.9 Å². The van der Waals surface area contributed by atoms with E-state index in [4.69, 9.17) is 16.7 Å². The summed E-state index contributed by atoms with van der Waals surface area (Å²) in [6.07, 6.45) is 2.92. The van der Waals surface area contributed by atoms with Gasteiger partial charge < -0.3 is 5.11 Å². The van der Waals surface area contributed by atoms with E-state index in [1.807, 2.05) is 0 Å². The molecule has 0 unspecified atom stereocenters. The number of hydrogen-bond acceptors (Lipinski definition) is 4. The Morgan fingerprint density at radius 2 is 2.19 bits per heavy atom. The van der Waals surface area contributed by atoms with E-state index < -0.39 is 15.8 Å². The van der Waals surface area contributed by atoms with Gasteiger partial charge >= 0.3 is 0 Å². The third kappa shape index (κ3) is 3.72. The van der Waals surface area contributed by atoms with Gasteiger partial charge in [-0.1, -0.05) is 17.7 Å². The first-order valence-electron chi connectivity index (χ1n) is 6.04. The van der Waals surface area contributed by atoms with Crippen LogP contribution in [-0.2, 0) is 16.6 Å². The molecule has 1 heterocycles. The summed E-state index contributed by atoms with van der Waals surface area (Å²) in [4.78, 5) is -0.0974. The van der Waals surface area contributed by atoms with Gasteiger partial charge in [-0.05, 0) is 18.6 Å². The molecule has 0 spiro atoms. The van der Waals surface area contributed by atoms with E-state index in [9.17, 15) is 12.8 Å². The first-order chi connectivity index (χ1) is 9.94. The van der Waals surface area contributed by atoms with E-state index in [0.29, 0.717) is 13.0 Å². The van der Waals surface area contributed by atoms with Gasteiger partial charge in [0.1, 0.15) is 4.90 Å². The van der Waals surface area contributed by atoms with Gasteiger partial charge in [-0.25, -0.2) is 12.8 Å². The number of rotatable bonds is 6. The molecule has 2 rings (SSSR count). The molecule has 0 radical (unpaired) electrons. The van der Waals surface area contributed by atoms with Crippen LogP contribution in [0.3, 0.4) is 0 Å². The molecule has 21 heavy (non-hydrogen) atoms. The number of nitrogens with one attached hydrogen (secondary N) is 1. The maximum absolute atomic E-state index is 13.7. The molecular formula is C12H13ClFN3O3S. The number of aliphatic hydroxyl groups is 1. The zero-order valence-electron chi connectivity index (χ0n) is 10.8. The maximum Gasteiger partial charge on any atom is 0.265 e. The predicted molar refractivity (Wildman–Crippen MR) is 76.1 cm³/mol. The van der Waals surface area contributed by atoms with Gasteiger partial charge in [0.25, 0.3) is 10.0 Å². The highest BCUT2D eigenvalue weighted by Gasteiger charge is 2.19. The predicted octanol–water partition coefficient (Wildman–Crippen LogP) is 1.86. The number of benzene rings is 1. The monoisotopic (exact) mass is 333 g/mol. The van der Waals surface area contributed by atoms with Gasteiger partial charge in [-0.15, -0.1) is 0 Å². The highest BCUT2D eigenvalue weighted by Crippen LogP contribution is 2.24. The molecule has 0 aliphatic heterocycles.